The fourth-order valence-electron chi connectivity index (χ4n) is 2.98. The van der Waals surface area contributed by atoms with Crippen LogP contribution in [-0.2, 0) is 0 Å². The van der Waals surface area contributed by atoms with E-state index >= 15 is 0 Å². The summed E-state index contributed by atoms with van der Waals surface area (Å²) in [4.78, 5) is 8.42. The molecule has 3 rings (SSSR count). The average Bonchev–Trinajstić information content (AvgIpc) is 2.72. The molecular formula is C22H25N3O3. The van der Waals surface area contributed by atoms with Crippen LogP contribution in [0.2, 0.25) is 0 Å². The summed E-state index contributed by atoms with van der Waals surface area (Å²) >= 11 is 0. The topological polar surface area (TPSA) is 87.5 Å². The maximum absolute atomic E-state index is 10.5. The number of nitrogens with zero attached hydrogens (tertiary/aromatic N) is 2. The Labute approximate surface area is 164 Å². The summed E-state index contributed by atoms with van der Waals surface area (Å²) in [5, 5.41) is 23.8. The Hall–Kier alpha value is -2.96. The van der Waals surface area contributed by atoms with Crippen molar-refractivity contribution in [3.8, 4) is 16.9 Å². The zero-order valence-electron chi connectivity index (χ0n) is 16.2. The number of rotatable bonds is 7. The molecule has 0 amide bonds. The zero-order chi connectivity index (χ0) is 20.1. The molecule has 3 atom stereocenters. The molecule has 3 N–H and O–H groups in total. The van der Waals surface area contributed by atoms with E-state index in [1.54, 1.807) is 33.4 Å². The van der Waals surface area contributed by atoms with Crippen LogP contribution < -0.4 is 10.1 Å². The molecule has 0 aliphatic rings. The molecular weight excluding hydrogens is 354 g/mol. The van der Waals surface area contributed by atoms with Gasteiger partial charge in [0.1, 0.15) is 17.7 Å². The molecule has 0 bridgehead atoms. The zero-order valence-corrected chi connectivity index (χ0v) is 16.2. The normalized spacial score (nSPS) is 14.2. The molecule has 6 heteroatoms. The lowest BCUT2D eigenvalue weighted by atomic mass is 9.99. The Morgan fingerprint density at radius 1 is 0.964 bits per heavy atom. The molecule has 3 aromatic rings. The molecule has 1 aromatic heterocycles. The van der Waals surface area contributed by atoms with Crippen molar-refractivity contribution >= 4 is 5.69 Å². The van der Waals surface area contributed by atoms with Crippen molar-refractivity contribution in [2.24, 2.45) is 0 Å². The van der Waals surface area contributed by atoms with E-state index in [0.717, 1.165) is 22.6 Å². The first-order chi connectivity index (χ1) is 13.5. The van der Waals surface area contributed by atoms with Gasteiger partial charge in [0, 0.05) is 23.6 Å². The number of aryl methyl sites for hydroxylation is 1. The van der Waals surface area contributed by atoms with Crippen molar-refractivity contribution in [1.29, 1.82) is 0 Å². The predicted octanol–water partition coefficient (Wildman–Crippen LogP) is 3.36. The van der Waals surface area contributed by atoms with E-state index < -0.39 is 18.2 Å². The van der Waals surface area contributed by atoms with Gasteiger partial charge in [-0.25, -0.2) is 9.97 Å². The molecule has 6 nitrogen and oxygen atoms in total. The van der Waals surface area contributed by atoms with Crippen molar-refractivity contribution < 1.29 is 14.9 Å². The summed E-state index contributed by atoms with van der Waals surface area (Å²) in [6.07, 6.45) is 1.39. The number of anilines is 1. The summed E-state index contributed by atoms with van der Waals surface area (Å²) in [5.41, 5.74) is 3.54. The molecule has 0 unspecified atom stereocenters. The van der Waals surface area contributed by atoms with Crippen LogP contribution in [0.25, 0.3) is 11.1 Å². The molecule has 0 saturated carbocycles. The minimum atomic E-state index is -1.02. The van der Waals surface area contributed by atoms with Gasteiger partial charge < -0.3 is 20.3 Å². The quantitative estimate of drug-likeness (QED) is 0.583. The lowest BCUT2D eigenvalue weighted by molar-refractivity contribution is 0.0188. The van der Waals surface area contributed by atoms with Gasteiger partial charge in [-0.15, -0.1) is 0 Å². The first-order valence-corrected chi connectivity index (χ1v) is 9.13. The van der Waals surface area contributed by atoms with Gasteiger partial charge >= 0.3 is 0 Å². The Morgan fingerprint density at radius 2 is 1.61 bits per heavy atom. The van der Waals surface area contributed by atoms with E-state index in [1.165, 1.54) is 0 Å². The summed E-state index contributed by atoms with van der Waals surface area (Å²) in [7, 11) is 1.64. The third kappa shape index (κ3) is 4.65. The monoisotopic (exact) mass is 379 g/mol. The number of nitrogens with one attached hydrogen (secondary N) is 1. The third-order valence-electron chi connectivity index (χ3n) is 4.58. The van der Waals surface area contributed by atoms with Gasteiger partial charge in [0.05, 0.1) is 19.3 Å². The SMILES string of the molecule is COc1cccc(-c2cccc(N[C@H](c3cnc(C)nc3)[C@H](O)[C@H](C)O)c2)c1. The van der Waals surface area contributed by atoms with Gasteiger partial charge in [0.2, 0.25) is 0 Å². The highest BCUT2D eigenvalue weighted by Crippen LogP contribution is 2.29. The molecule has 0 spiro atoms. The molecule has 0 radical (unpaired) electrons. The van der Waals surface area contributed by atoms with Crippen LogP contribution in [0.4, 0.5) is 5.69 Å². The van der Waals surface area contributed by atoms with Gasteiger partial charge in [-0.2, -0.15) is 0 Å². The maximum atomic E-state index is 10.5. The summed E-state index contributed by atoms with van der Waals surface area (Å²) in [5.74, 6) is 1.43. The summed E-state index contributed by atoms with van der Waals surface area (Å²) in [6, 6.07) is 15.1. The third-order valence-corrected chi connectivity index (χ3v) is 4.58. The van der Waals surface area contributed by atoms with Crippen LogP contribution >= 0.6 is 0 Å². The van der Waals surface area contributed by atoms with E-state index in [2.05, 4.69) is 15.3 Å². The number of benzene rings is 2. The second-order valence-electron chi connectivity index (χ2n) is 6.73. The number of aliphatic hydroxyl groups is 2. The van der Waals surface area contributed by atoms with Crippen molar-refractivity contribution in [2.45, 2.75) is 32.1 Å². The molecule has 0 aliphatic heterocycles. The summed E-state index contributed by atoms with van der Waals surface area (Å²) in [6.45, 7) is 3.36. The number of hydrogen-bond donors (Lipinski definition) is 3. The summed E-state index contributed by atoms with van der Waals surface area (Å²) < 4.78 is 5.31. The highest BCUT2D eigenvalue weighted by atomic mass is 16.5. The van der Waals surface area contributed by atoms with Gasteiger partial charge in [-0.05, 0) is 49.2 Å². The molecule has 1 heterocycles. The van der Waals surface area contributed by atoms with Gasteiger partial charge in [-0.3, -0.25) is 0 Å². The van der Waals surface area contributed by atoms with Gasteiger partial charge in [-0.1, -0.05) is 24.3 Å². The number of ether oxygens (including phenoxy) is 1. The van der Waals surface area contributed by atoms with Crippen LogP contribution in [-0.4, -0.2) is 39.5 Å². The molecule has 0 aliphatic carbocycles. The maximum Gasteiger partial charge on any atom is 0.125 e. The minimum absolute atomic E-state index is 0.554. The standard InChI is InChI=1S/C22H25N3O3/c1-14(26)22(27)21(18-12-23-15(2)24-13-18)25-19-8-4-6-16(10-19)17-7-5-9-20(11-17)28-3/h4-14,21-22,25-27H,1-3H3/t14-,21+,22+/m0/s1. The van der Waals surface area contributed by atoms with Crippen LogP contribution in [0.3, 0.4) is 0 Å². The van der Waals surface area contributed by atoms with Gasteiger partial charge in [0.25, 0.3) is 0 Å². The highest BCUT2D eigenvalue weighted by Gasteiger charge is 2.26. The Morgan fingerprint density at radius 3 is 2.25 bits per heavy atom. The molecule has 146 valence electrons. The van der Waals surface area contributed by atoms with Crippen molar-refractivity contribution in [2.75, 3.05) is 12.4 Å². The Kier molecular flexibility index (Phi) is 6.23. The minimum Gasteiger partial charge on any atom is -0.497 e. The smallest absolute Gasteiger partial charge is 0.125 e. The second-order valence-corrected chi connectivity index (χ2v) is 6.73. The fourth-order valence-corrected chi connectivity index (χ4v) is 2.98. The molecule has 0 saturated heterocycles. The van der Waals surface area contributed by atoms with Crippen LogP contribution in [0.5, 0.6) is 5.75 Å². The second kappa shape index (κ2) is 8.82. The predicted molar refractivity (Wildman–Crippen MR) is 109 cm³/mol. The Balaban J connectivity index is 1.91. The lowest BCUT2D eigenvalue weighted by Gasteiger charge is -2.27. The largest absolute Gasteiger partial charge is 0.497 e. The Bertz CT molecular complexity index is 913. The molecule has 28 heavy (non-hydrogen) atoms. The average molecular weight is 379 g/mol. The number of aliphatic hydroxyl groups excluding tert-OH is 2. The van der Waals surface area contributed by atoms with Crippen molar-refractivity contribution in [3.63, 3.8) is 0 Å². The number of methoxy groups -OCH3 is 1. The van der Waals surface area contributed by atoms with Gasteiger partial charge in [0.15, 0.2) is 0 Å². The van der Waals surface area contributed by atoms with Crippen LogP contribution in [0.15, 0.2) is 60.9 Å². The van der Waals surface area contributed by atoms with E-state index in [1.807, 2.05) is 48.5 Å². The lowest BCUT2D eigenvalue weighted by Crippen LogP contribution is -2.34. The van der Waals surface area contributed by atoms with E-state index in [-0.39, 0.29) is 0 Å². The van der Waals surface area contributed by atoms with Crippen LogP contribution in [0, 0.1) is 6.92 Å². The van der Waals surface area contributed by atoms with E-state index in [0.29, 0.717) is 11.4 Å². The highest BCUT2D eigenvalue weighted by molar-refractivity contribution is 5.69. The van der Waals surface area contributed by atoms with E-state index in [9.17, 15) is 10.2 Å². The fraction of sp³-hybridized carbons (Fsp3) is 0.273. The van der Waals surface area contributed by atoms with Crippen molar-refractivity contribution in [1.82, 2.24) is 9.97 Å². The van der Waals surface area contributed by atoms with Crippen LogP contribution in [0.1, 0.15) is 24.4 Å². The molecule has 0 fully saturated rings. The first kappa shape index (κ1) is 19.8. The first-order valence-electron chi connectivity index (χ1n) is 9.13. The number of hydrogen-bond acceptors (Lipinski definition) is 6. The van der Waals surface area contributed by atoms with Crippen molar-refractivity contribution in [3.05, 3.63) is 72.3 Å². The number of aromatic nitrogens is 2. The molecule has 2 aromatic carbocycles. The van der Waals surface area contributed by atoms with E-state index in [4.69, 9.17) is 4.74 Å².